The molecular weight excluding hydrogens is 376 g/mol. The van der Waals surface area contributed by atoms with Crippen LogP contribution in [0.5, 0.6) is 0 Å². The second-order valence-corrected chi connectivity index (χ2v) is 7.85. The number of hydrogen-bond donors (Lipinski definition) is 2. The van der Waals surface area contributed by atoms with Crippen LogP contribution in [0.4, 0.5) is 9.93 Å². The summed E-state index contributed by atoms with van der Waals surface area (Å²) in [4.78, 5) is 35.5. The van der Waals surface area contributed by atoms with Gasteiger partial charge in [0.25, 0.3) is 0 Å². The number of nitrogens with one attached hydrogen (secondary N) is 1. The number of aromatic nitrogens is 3. The lowest BCUT2D eigenvalue weighted by Gasteiger charge is -2.21. The van der Waals surface area contributed by atoms with Crippen LogP contribution in [0.25, 0.3) is 21.5 Å². The maximum absolute atomic E-state index is 12.6. The molecule has 3 amide bonds. The van der Waals surface area contributed by atoms with Crippen molar-refractivity contribution in [2.45, 2.75) is 39.3 Å². The van der Waals surface area contributed by atoms with Crippen molar-refractivity contribution in [2.75, 3.05) is 11.9 Å². The number of nitrogens with zero attached hydrogens (tertiary/aromatic N) is 4. The van der Waals surface area contributed by atoms with Crippen molar-refractivity contribution in [3.63, 3.8) is 0 Å². The lowest BCUT2D eigenvalue weighted by atomic mass is 10.1. The van der Waals surface area contributed by atoms with Crippen LogP contribution in [0.1, 0.15) is 25.5 Å². The van der Waals surface area contributed by atoms with Crippen LogP contribution in [0.3, 0.4) is 0 Å². The molecule has 8 nitrogen and oxygen atoms in total. The number of thiazole rings is 1. The zero-order valence-corrected chi connectivity index (χ0v) is 16.6. The van der Waals surface area contributed by atoms with Gasteiger partial charge in [0.05, 0.1) is 27.9 Å². The molecule has 9 heteroatoms. The highest BCUT2D eigenvalue weighted by atomic mass is 32.1. The predicted molar refractivity (Wildman–Crippen MR) is 109 cm³/mol. The van der Waals surface area contributed by atoms with Crippen molar-refractivity contribution in [2.24, 2.45) is 5.73 Å². The number of amides is 3. The van der Waals surface area contributed by atoms with E-state index in [1.54, 1.807) is 0 Å². The number of benzene rings is 1. The molecule has 0 radical (unpaired) electrons. The first-order chi connectivity index (χ1) is 13.5. The summed E-state index contributed by atoms with van der Waals surface area (Å²) >= 11 is 1.42. The van der Waals surface area contributed by atoms with Crippen molar-refractivity contribution < 1.29 is 9.59 Å². The fourth-order valence-electron chi connectivity index (χ4n) is 3.64. The number of urea groups is 1. The first-order valence-corrected chi connectivity index (χ1v) is 10.1. The molecule has 1 atom stereocenters. The monoisotopic (exact) mass is 398 g/mol. The van der Waals surface area contributed by atoms with E-state index in [9.17, 15) is 9.59 Å². The largest absolute Gasteiger partial charge is 0.368 e. The summed E-state index contributed by atoms with van der Waals surface area (Å²) in [5.74, 6) is -0.468. The topological polar surface area (TPSA) is 106 Å². The van der Waals surface area contributed by atoms with Gasteiger partial charge in [0.15, 0.2) is 5.13 Å². The SMILES string of the molecule is CCn1cnc2ccc(-c3sc(NC(=O)N4CCCC4C(N)=O)nc3C)cc21. The molecule has 3 heterocycles. The van der Waals surface area contributed by atoms with E-state index >= 15 is 0 Å². The van der Waals surface area contributed by atoms with Crippen LogP contribution >= 0.6 is 11.3 Å². The van der Waals surface area contributed by atoms with Gasteiger partial charge in [-0.05, 0) is 44.4 Å². The predicted octanol–water partition coefficient (Wildman–Crippen LogP) is 2.97. The Bertz CT molecular complexity index is 1060. The number of anilines is 1. The van der Waals surface area contributed by atoms with Gasteiger partial charge in [-0.2, -0.15) is 0 Å². The third-order valence-electron chi connectivity index (χ3n) is 5.08. The molecule has 1 aliphatic heterocycles. The van der Waals surface area contributed by atoms with E-state index < -0.39 is 11.9 Å². The Hall–Kier alpha value is -2.94. The first-order valence-electron chi connectivity index (χ1n) is 9.27. The average Bonchev–Trinajstić information content (AvgIpc) is 3.38. The average molecular weight is 398 g/mol. The minimum absolute atomic E-state index is 0.332. The lowest BCUT2D eigenvalue weighted by Crippen LogP contribution is -2.45. The smallest absolute Gasteiger partial charge is 0.324 e. The second kappa shape index (κ2) is 7.23. The molecule has 1 aromatic carbocycles. The summed E-state index contributed by atoms with van der Waals surface area (Å²) in [6.07, 6.45) is 3.22. The van der Waals surface area contributed by atoms with Crippen molar-refractivity contribution >= 4 is 39.4 Å². The van der Waals surface area contributed by atoms with Crippen LogP contribution in [0, 0.1) is 6.92 Å². The van der Waals surface area contributed by atoms with Crippen LogP contribution in [0.15, 0.2) is 24.5 Å². The molecule has 2 aromatic heterocycles. The summed E-state index contributed by atoms with van der Waals surface area (Å²) in [5.41, 5.74) is 9.30. The number of aryl methyl sites for hydroxylation is 2. The number of rotatable bonds is 4. The molecule has 0 aliphatic carbocycles. The molecule has 3 aromatic rings. The third kappa shape index (κ3) is 3.22. The maximum Gasteiger partial charge on any atom is 0.324 e. The van der Waals surface area contributed by atoms with Gasteiger partial charge in [-0.1, -0.05) is 17.4 Å². The van der Waals surface area contributed by atoms with E-state index in [0.717, 1.165) is 40.1 Å². The number of fused-ring (bicyclic) bond motifs is 1. The summed E-state index contributed by atoms with van der Waals surface area (Å²) in [5, 5.41) is 3.33. The van der Waals surface area contributed by atoms with Gasteiger partial charge in [-0.3, -0.25) is 10.1 Å². The summed E-state index contributed by atoms with van der Waals surface area (Å²) in [7, 11) is 0. The van der Waals surface area contributed by atoms with Gasteiger partial charge in [-0.15, -0.1) is 0 Å². The van der Waals surface area contributed by atoms with Gasteiger partial charge in [0.1, 0.15) is 6.04 Å². The number of nitrogens with two attached hydrogens (primary N) is 1. The molecule has 0 bridgehead atoms. The Morgan fingerprint density at radius 3 is 2.96 bits per heavy atom. The van der Waals surface area contributed by atoms with Gasteiger partial charge in [-0.25, -0.2) is 14.8 Å². The standard InChI is InChI=1S/C19H22N6O2S/c1-3-24-10-21-13-7-6-12(9-15(13)24)16-11(2)22-18(28-16)23-19(27)25-8-4-5-14(25)17(20)26/h6-7,9-10,14H,3-5,8H2,1-2H3,(H2,20,26)(H,22,23,27). The normalized spacial score (nSPS) is 16.6. The van der Waals surface area contributed by atoms with Gasteiger partial charge >= 0.3 is 6.03 Å². The molecule has 4 rings (SSSR count). The first kappa shape index (κ1) is 18.4. The highest BCUT2D eigenvalue weighted by Crippen LogP contribution is 2.34. The second-order valence-electron chi connectivity index (χ2n) is 6.85. The van der Waals surface area contributed by atoms with Crippen molar-refractivity contribution in [3.05, 3.63) is 30.2 Å². The van der Waals surface area contributed by atoms with E-state index in [1.807, 2.05) is 25.4 Å². The molecule has 28 heavy (non-hydrogen) atoms. The Balaban J connectivity index is 1.59. The van der Waals surface area contributed by atoms with Gasteiger partial charge in [0.2, 0.25) is 5.91 Å². The van der Waals surface area contributed by atoms with E-state index in [0.29, 0.717) is 18.1 Å². The van der Waals surface area contributed by atoms with E-state index in [2.05, 4.69) is 32.8 Å². The van der Waals surface area contributed by atoms with E-state index in [-0.39, 0.29) is 6.03 Å². The van der Waals surface area contributed by atoms with Crippen LogP contribution in [0.2, 0.25) is 0 Å². The number of carbonyl (C=O) groups excluding carboxylic acids is 2. The van der Waals surface area contributed by atoms with Crippen LogP contribution < -0.4 is 11.1 Å². The number of imidazole rings is 1. The lowest BCUT2D eigenvalue weighted by molar-refractivity contribution is -0.121. The zero-order chi connectivity index (χ0) is 19.8. The molecule has 3 N–H and O–H groups in total. The summed E-state index contributed by atoms with van der Waals surface area (Å²) < 4.78 is 2.09. The quantitative estimate of drug-likeness (QED) is 0.704. The number of likely N-dealkylation sites (tertiary alicyclic amines) is 1. The van der Waals surface area contributed by atoms with E-state index in [4.69, 9.17) is 5.73 Å². The summed E-state index contributed by atoms with van der Waals surface area (Å²) in [6.45, 7) is 5.37. The van der Waals surface area contributed by atoms with E-state index in [1.165, 1.54) is 16.2 Å². The zero-order valence-electron chi connectivity index (χ0n) is 15.8. The Labute approximate surface area is 166 Å². The third-order valence-corrected chi connectivity index (χ3v) is 6.20. The van der Waals surface area contributed by atoms with Crippen molar-refractivity contribution in [1.29, 1.82) is 0 Å². The molecule has 1 aliphatic rings. The van der Waals surface area contributed by atoms with Crippen molar-refractivity contribution in [1.82, 2.24) is 19.4 Å². The minimum atomic E-state index is -0.544. The Morgan fingerprint density at radius 1 is 1.39 bits per heavy atom. The van der Waals surface area contributed by atoms with Crippen molar-refractivity contribution in [3.8, 4) is 10.4 Å². The fourth-order valence-corrected chi connectivity index (χ4v) is 4.59. The maximum atomic E-state index is 12.6. The number of hydrogen-bond acceptors (Lipinski definition) is 5. The number of carbonyl (C=O) groups is 2. The molecule has 1 fully saturated rings. The molecular formula is C19H22N6O2S. The van der Waals surface area contributed by atoms with Gasteiger partial charge in [0, 0.05) is 13.1 Å². The Morgan fingerprint density at radius 2 is 2.21 bits per heavy atom. The molecule has 0 spiro atoms. The molecule has 146 valence electrons. The van der Waals surface area contributed by atoms with Gasteiger partial charge < -0.3 is 15.2 Å². The highest BCUT2D eigenvalue weighted by molar-refractivity contribution is 7.19. The minimum Gasteiger partial charge on any atom is -0.368 e. The van der Waals surface area contributed by atoms with Crippen LogP contribution in [-0.2, 0) is 11.3 Å². The van der Waals surface area contributed by atoms with Crippen LogP contribution in [-0.4, -0.2) is 44.0 Å². The molecule has 1 unspecified atom stereocenters. The fraction of sp³-hybridized carbons (Fsp3) is 0.368. The Kier molecular flexibility index (Phi) is 4.76. The molecule has 1 saturated heterocycles. The number of primary amides is 1. The highest BCUT2D eigenvalue weighted by Gasteiger charge is 2.33. The molecule has 0 saturated carbocycles. The summed E-state index contributed by atoms with van der Waals surface area (Å²) in [6, 6.07) is 5.24.